The largest absolute Gasteiger partial charge is 0.507 e. The minimum Gasteiger partial charge on any atom is -0.507 e. The lowest BCUT2D eigenvalue weighted by Crippen LogP contribution is -2.38. The predicted molar refractivity (Wildman–Crippen MR) is 134 cm³/mol. The fraction of sp³-hybridized carbons (Fsp3) is 0.407. The van der Waals surface area contributed by atoms with E-state index in [4.69, 9.17) is 14.2 Å². The van der Waals surface area contributed by atoms with Crippen LogP contribution in [-0.4, -0.2) is 73.6 Å². The quantitative estimate of drug-likeness (QED) is 0.296. The molecule has 0 unspecified atom stereocenters. The zero-order valence-electron chi connectivity index (χ0n) is 21.0. The van der Waals surface area contributed by atoms with Crippen LogP contribution in [0, 0.1) is 0 Å². The first-order chi connectivity index (χ1) is 16.9. The van der Waals surface area contributed by atoms with Crippen LogP contribution in [0.3, 0.4) is 0 Å². The van der Waals surface area contributed by atoms with Crippen molar-refractivity contribution in [3.63, 3.8) is 0 Å². The molecule has 1 fully saturated rings. The Labute approximate surface area is 206 Å². The van der Waals surface area contributed by atoms with Crippen LogP contribution >= 0.6 is 0 Å². The average Bonchev–Trinajstić information content (AvgIpc) is 3.14. The second kappa shape index (κ2) is 11.8. The van der Waals surface area contributed by atoms with Gasteiger partial charge in [-0.25, -0.2) is 0 Å². The summed E-state index contributed by atoms with van der Waals surface area (Å²) < 4.78 is 16.5. The van der Waals surface area contributed by atoms with Crippen LogP contribution in [0.25, 0.3) is 5.76 Å². The van der Waals surface area contributed by atoms with Gasteiger partial charge in [-0.15, -0.1) is 0 Å². The van der Waals surface area contributed by atoms with Crippen molar-refractivity contribution in [3.8, 4) is 17.2 Å². The van der Waals surface area contributed by atoms with Crippen LogP contribution in [0.4, 0.5) is 0 Å². The van der Waals surface area contributed by atoms with E-state index in [1.165, 1.54) is 12.0 Å². The van der Waals surface area contributed by atoms with E-state index in [0.29, 0.717) is 48.1 Å². The fourth-order valence-electron chi connectivity index (χ4n) is 4.31. The van der Waals surface area contributed by atoms with E-state index in [9.17, 15) is 14.7 Å². The van der Waals surface area contributed by atoms with Crippen LogP contribution in [0.15, 0.2) is 48.0 Å². The Morgan fingerprint density at radius 2 is 1.63 bits per heavy atom. The molecule has 0 aromatic heterocycles. The second-order valence-corrected chi connectivity index (χ2v) is 8.08. The molecule has 0 bridgehead atoms. The summed E-state index contributed by atoms with van der Waals surface area (Å²) in [5.74, 6) is 0.0611. The van der Waals surface area contributed by atoms with Gasteiger partial charge in [-0.1, -0.05) is 13.8 Å². The van der Waals surface area contributed by atoms with Gasteiger partial charge in [0.2, 0.25) is 0 Å². The molecule has 0 spiro atoms. The molecule has 1 aliphatic heterocycles. The number of Topliss-reactive ketones (excluding diaryl/α,β-unsaturated/α-hetero) is 1. The summed E-state index contributed by atoms with van der Waals surface area (Å²) in [6.07, 6.45) is 0. The molecule has 1 N–H and O–H groups in total. The van der Waals surface area contributed by atoms with Crippen molar-refractivity contribution in [3.05, 3.63) is 59.2 Å². The molecule has 35 heavy (non-hydrogen) atoms. The lowest BCUT2D eigenvalue weighted by Gasteiger charge is -2.29. The number of aliphatic hydroxyl groups is 1. The maximum atomic E-state index is 13.3. The molecule has 0 radical (unpaired) electrons. The fourth-order valence-corrected chi connectivity index (χ4v) is 4.31. The highest BCUT2D eigenvalue weighted by atomic mass is 16.5. The first-order valence-corrected chi connectivity index (χ1v) is 11.9. The van der Waals surface area contributed by atoms with Gasteiger partial charge in [-0.3, -0.25) is 9.59 Å². The zero-order chi connectivity index (χ0) is 25.5. The van der Waals surface area contributed by atoms with Crippen molar-refractivity contribution in [2.75, 3.05) is 47.0 Å². The van der Waals surface area contributed by atoms with Crippen LogP contribution in [-0.2, 0) is 9.59 Å². The van der Waals surface area contributed by atoms with Gasteiger partial charge in [0.25, 0.3) is 11.7 Å². The lowest BCUT2D eigenvalue weighted by atomic mass is 9.94. The van der Waals surface area contributed by atoms with E-state index in [1.807, 2.05) is 20.8 Å². The van der Waals surface area contributed by atoms with Gasteiger partial charge in [-0.05, 0) is 62.5 Å². The van der Waals surface area contributed by atoms with E-state index in [2.05, 4.69) is 4.90 Å². The second-order valence-electron chi connectivity index (χ2n) is 8.08. The van der Waals surface area contributed by atoms with Gasteiger partial charge < -0.3 is 29.1 Å². The molecule has 1 saturated heterocycles. The number of ketones is 1. The Morgan fingerprint density at radius 3 is 2.20 bits per heavy atom. The number of hydrogen-bond donors (Lipinski definition) is 1. The molecule has 1 amide bonds. The summed E-state index contributed by atoms with van der Waals surface area (Å²) in [5.41, 5.74) is 1.01. The van der Waals surface area contributed by atoms with E-state index in [-0.39, 0.29) is 11.3 Å². The Bertz CT molecular complexity index is 1080. The first kappa shape index (κ1) is 26.1. The minimum absolute atomic E-state index is 0.0188. The summed E-state index contributed by atoms with van der Waals surface area (Å²) in [6, 6.07) is 11.2. The van der Waals surface area contributed by atoms with Crippen LogP contribution in [0.2, 0.25) is 0 Å². The SMILES string of the molecule is CCOc1ccc(/C(O)=C2\C(=O)C(=O)N(CCN(CC)CC)[C@@H]2c2cc(OC)ccc2OC)cc1. The highest BCUT2D eigenvalue weighted by molar-refractivity contribution is 6.46. The Hall–Kier alpha value is -3.52. The number of aliphatic hydroxyl groups excluding tert-OH is 1. The number of methoxy groups -OCH3 is 2. The van der Waals surface area contributed by atoms with Crippen molar-refractivity contribution in [2.45, 2.75) is 26.8 Å². The van der Waals surface area contributed by atoms with Crippen molar-refractivity contribution in [1.29, 1.82) is 0 Å². The summed E-state index contributed by atoms with van der Waals surface area (Å²) in [4.78, 5) is 30.2. The molecule has 1 aliphatic rings. The number of carbonyl (C=O) groups excluding carboxylic acids is 2. The topological polar surface area (TPSA) is 88.5 Å². The standard InChI is InChI=1S/C27H34N2O6/c1-6-28(7-2)15-16-29-24(21-17-20(33-4)13-14-22(21)34-5)23(26(31)27(29)32)25(30)18-9-11-19(12-10-18)35-8-3/h9-14,17,24,30H,6-8,15-16H2,1-5H3/b25-23+/t24-/m1/s1. The van der Waals surface area contributed by atoms with Crippen LogP contribution < -0.4 is 14.2 Å². The third kappa shape index (κ3) is 5.43. The number of rotatable bonds is 11. The number of likely N-dealkylation sites (N-methyl/N-ethyl adjacent to an activating group) is 1. The van der Waals surface area contributed by atoms with Crippen molar-refractivity contribution < 1.29 is 28.9 Å². The Balaban J connectivity index is 2.16. The van der Waals surface area contributed by atoms with E-state index in [0.717, 1.165) is 13.1 Å². The zero-order valence-corrected chi connectivity index (χ0v) is 21.0. The molecule has 0 saturated carbocycles. The third-order valence-electron chi connectivity index (χ3n) is 6.26. The number of benzene rings is 2. The normalized spacial score (nSPS) is 17.2. The van der Waals surface area contributed by atoms with Gasteiger partial charge >= 0.3 is 0 Å². The highest BCUT2D eigenvalue weighted by Crippen LogP contribution is 2.43. The number of ether oxygens (including phenoxy) is 3. The van der Waals surface area contributed by atoms with Crippen molar-refractivity contribution >= 4 is 17.4 Å². The molecule has 2 aromatic rings. The lowest BCUT2D eigenvalue weighted by molar-refractivity contribution is -0.140. The molecule has 2 aromatic carbocycles. The Kier molecular flexibility index (Phi) is 8.76. The van der Waals surface area contributed by atoms with Gasteiger partial charge in [0, 0.05) is 24.2 Å². The number of nitrogens with zero attached hydrogens (tertiary/aromatic N) is 2. The molecule has 0 aliphatic carbocycles. The summed E-state index contributed by atoms with van der Waals surface area (Å²) in [7, 11) is 3.07. The summed E-state index contributed by atoms with van der Waals surface area (Å²) in [5, 5.41) is 11.3. The molecule has 3 rings (SSSR count). The number of carbonyl (C=O) groups is 2. The molecule has 1 atom stereocenters. The maximum Gasteiger partial charge on any atom is 0.295 e. The van der Waals surface area contributed by atoms with Crippen molar-refractivity contribution in [2.24, 2.45) is 0 Å². The van der Waals surface area contributed by atoms with Crippen LogP contribution in [0.5, 0.6) is 17.2 Å². The monoisotopic (exact) mass is 482 g/mol. The van der Waals surface area contributed by atoms with E-state index >= 15 is 0 Å². The molecular weight excluding hydrogens is 448 g/mol. The highest BCUT2D eigenvalue weighted by Gasteiger charge is 2.47. The first-order valence-electron chi connectivity index (χ1n) is 11.9. The van der Waals surface area contributed by atoms with Gasteiger partial charge in [0.1, 0.15) is 23.0 Å². The third-order valence-corrected chi connectivity index (χ3v) is 6.26. The maximum absolute atomic E-state index is 13.3. The smallest absolute Gasteiger partial charge is 0.295 e. The van der Waals surface area contributed by atoms with Gasteiger partial charge in [0.15, 0.2) is 0 Å². The number of hydrogen-bond acceptors (Lipinski definition) is 7. The van der Waals surface area contributed by atoms with E-state index < -0.39 is 17.7 Å². The number of likely N-dealkylation sites (tertiary alicyclic amines) is 1. The average molecular weight is 483 g/mol. The molecule has 8 heteroatoms. The molecular formula is C27H34N2O6. The molecule has 1 heterocycles. The Morgan fingerprint density at radius 1 is 0.971 bits per heavy atom. The van der Waals surface area contributed by atoms with Crippen molar-refractivity contribution in [1.82, 2.24) is 9.80 Å². The van der Waals surface area contributed by atoms with Gasteiger partial charge in [0.05, 0.1) is 32.4 Å². The predicted octanol–water partition coefficient (Wildman–Crippen LogP) is 3.87. The minimum atomic E-state index is -0.831. The molecule has 8 nitrogen and oxygen atoms in total. The number of amides is 1. The molecule has 188 valence electrons. The van der Waals surface area contributed by atoms with Crippen LogP contribution in [0.1, 0.15) is 37.9 Å². The summed E-state index contributed by atoms with van der Waals surface area (Å²) in [6.45, 7) is 9.04. The summed E-state index contributed by atoms with van der Waals surface area (Å²) >= 11 is 0. The van der Waals surface area contributed by atoms with E-state index in [1.54, 1.807) is 49.6 Å². The van der Waals surface area contributed by atoms with Gasteiger partial charge in [-0.2, -0.15) is 0 Å².